The molecular formula is C11H14N2OS. The van der Waals surface area contributed by atoms with Crippen LogP contribution in [0.15, 0.2) is 33.9 Å². The van der Waals surface area contributed by atoms with Gasteiger partial charge in [-0.1, -0.05) is 30.8 Å². The second-order valence-corrected chi connectivity index (χ2v) is 4.40. The van der Waals surface area contributed by atoms with Crippen LogP contribution in [-0.2, 0) is 0 Å². The lowest BCUT2D eigenvalue weighted by atomic mass is 10.3. The Labute approximate surface area is 93.0 Å². The van der Waals surface area contributed by atoms with Gasteiger partial charge in [0.2, 0.25) is 0 Å². The topological polar surface area (TPSA) is 52.0 Å². The molecule has 1 unspecified atom stereocenters. The van der Waals surface area contributed by atoms with Gasteiger partial charge in [-0.15, -0.1) is 0 Å². The van der Waals surface area contributed by atoms with E-state index in [0.717, 1.165) is 23.3 Å². The van der Waals surface area contributed by atoms with Crippen LogP contribution in [0.5, 0.6) is 0 Å². The third-order valence-corrected chi connectivity index (χ3v) is 3.24. The highest BCUT2D eigenvalue weighted by atomic mass is 32.2. The van der Waals surface area contributed by atoms with E-state index in [1.807, 2.05) is 24.3 Å². The first-order valence-electron chi connectivity index (χ1n) is 5.03. The Bertz CT molecular complexity index is 408. The molecule has 80 valence electrons. The van der Waals surface area contributed by atoms with Crippen LogP contribution >= 0.6 is 11.8 Å². The molecule has 0 aliphatic carbocycles. The number of thioether (sulfide) groups is 1. The van der Waals surface area contributed by atoms with E-state index in [4.69, 9.17) is 10.2 Å². The average Bonchev–Trinajstić information content (AvgIpc) is 2.68. The maximum Gasteiger partial charge on any atom is 0.256 e. The smallest absolute Gasteiger partial charge is 0.256 e. The van der Waals surface area contributed by atoms with Gasteiger partial charge in [-0.25, -0.2) is 4.98 Å². The van der Waals surface area contributed by atoms with Crippen LogP contribution in [0.25, 0.3) is 11.1 Å². The predicted molar refractivity (Wildman–Crippen MR) is 63.0 cm³/mol. The van der Waals surface area contributed by atoms with Crippen LogP contribution in [-0.4, -0.2) is 16.8 Å². The predicted octanol–water partition coefficient (Wildman–Crippen LogP) is 2.66. The molecule has 0 saturated carbocycles. The van der Waals surface area contributed by atoms with E-state index < -0.39 is 0 Å². The normalized spacial score (nSPS) is 13.2. The van der Waals surface area contributed by atoms with Gasteiger partial charge in [-0.2, -0.15) is 0 Å². The van der Waals surface area contributed by atoms with E-state index in [-0.39, 0.29) is 6.04 Å². The number of para-hydroxylation sites is 2. The van der Waals surface area contributed by atoms with E-state index in [1.54, 1.807) is 11.8 Å². The molecule has 1 aromatic carbocycles. The first-order chi connectivity index (χ1) is 7.29. The van der Waals surface area contributed by atoms with Gasteiger partial charge in [0.25, 0.3) is 5.22 Å². The summed E-state index contributed by atoms with van der Waals surface area (Å²) in [6.45, 7) is 2.08. The van der Waals surface area contributed by atoms with Crippen molar-refractivity contribution in [2.24, 2.45) is 5.73 Å². The maximum absolute atomic E-state index is 5.82. The van der Waals surface area contributed by atoms with E-state index in [0.29, 0.717) is 5.22 Å². The van der Waals surface area contributed by atoms with E-state index in [1.165, 1.54) is 0 Å². The summed E-state index contributed by atoms with van der Waals surface area (Å²) < 4.78 is 5.56. The summed E-state index contributed by atoms with van der Waals surface area (Å²) in [6.07, 6.45) is 0.979. The summed E-state index contributed by atoms with van der Waals surface area (Å²) in [7, 11) is 0. The molecule has 0 saturated heterocycles. The standard InChI is InChI=1S/C11H14N2OS/c1-2-8(12)7-15-11-13-9-5-3-4-6-10(9)14-11/h3-6,8H,2,7,12H2,1H3. The molecule has 4 heteroatoms. The first-order valence-corrected chi connectivity index (χ1v) is 6.02. The highest BCUT2D eigenvalue weighted by Gasteiger charge is 2.07. The molecule has 0 fully saturated rings. The number of fused-ring (bicyclic) bond motifs is 1. The van der Waals surface area contributed by atoms with Crippen LogP contribution in [0.2, 0.25) is 0 Å². The molecule has 1 atom stereocenters. The summed E-state index contributed by atoms with van der Waals surface area (Å²) in [5.74, 6) is 0.851. The monoisotopic (exact) mass is 222 g/mol. The van der Waals surface area contributed by atoms with Crippen molar-refractivity contribution in [1.29, 1.82) is 0 Å². The Morgan fingerprint density at radius 3 is 3.00 bits per heavy atom. The molecule has 1 heterocycles. The van der Waals surface area contributed by atoms with Gasteiger partial charge < -0.3 is 10.2 Å². The van der Waals surface area contributed by atoms with Gasteiger partial charge in [-0.05, 0) is 18.6 Å². The largest absolute Gasteiger partial charge is 0.431 e. The van der Waals surface area contributed by atoms with Gasteiger partial charge in [0.15, 0.2) is 5.58 Å². The molecule has 0 aliphatic heterocycles. The fraction of sp³-hybridized carbons (Fsp3) is 0.364. The highest BCUT2D eigenvalue weighted by molar-refractivity contribution is 7.99. The summed E-state index contributed by atoms with van der Waals surface area (Å²) in [4.78, 5) is 4.36. The van der Waals surface area contributed by atoms with E-state index in [9.17, 15) is 0 Å². The minimum atomic E-state index is 0.213. The Kier molecular flexibility index (Phi) is 3.28. The minimum absolute atomic E-state index is 0.213. The van der Waals surface area contributed by atoms with Crippen LogP contribution in [0, 0.1) is 0 Å². The number of hydrogen-bond acceptors (Lipinski definition) is 4. The summed E-state index contributed by atoms with van der Waals surface area (Å²) >= 11 is 1.58. The van der Waals surface area contributed by atoms with Crippen molar-refractivity contribution in [1.82, 2.24) is 4.98 Å². The summed E-state index contributed by atoms with van der Waals surface area (Å²) in [5.41, 5.74) is 7.57. The Morgan fingerprint density at radius 1 is 1.47 bits per heavy atom. The van der Waals surface area contributed by atoms with Crippen LogP contribution < -0.4 is 5.73 Å². The molecule has 0 amide bonds. The Hall–Kier alpha value is -1.00. The zero-order valence-corrected chi connectivity index (χ0v) is 9.46. The highest BCUT2D eigenvalue weighted by Crippen LogP contribution is 2.23. The molecule has 1 aromatic heterocycles. The molecule has 15 heavy (non-hydrogen) atoms. The zero-order valence-electron chi connectivity index (χ0n) is 8.64. The molecule has 2 N–H and O–H groups in total. The zero-order chi connectivity index (χ0) is 10.7. The van der Waals surface area contributed by atoms with Crippen molar-refractivity contribution in [3.8, 4) is 0 Å². The number of hydrogen-bond donors (Lipinski definition) is 1. The number of aromatic nitrogens is 1. The van der Waals surface area contributed by atoms with Gasteiger partial charge in [0, 0.05) is 11.8 Å². The van der Waals surface area contributed by atoms with Crippen LogP contribution in [0.4, 0.5) is 0 Å². The van der Waals surface area contributed by atoms with Crippen LogP contribution in [0.3, 0.4) is 0 Å². The lowest BCUT2D eigenvalue weighted by molar-refractivity contribution is 0.489. The van der Waals surface area contributed by atoms with Crippen molar-refractivity contribution < 1.29 is 4.42 Å². The molecule has 0 radical (unpaired) electrons. The SMILES string of the molecule is CCC(N)CSc1nc2ccccc2o1. The van der Waals surface area contributed by atoms with Crippen molar-refractivity contribution in [3.05, 3.63) is 24.3 Å². The van der Waals surface area contributed by atoms with Gasteiger partial charge in [0.05, 0.1) is 0 Å². The molecular weight excluding hydrogens is 208 g/mol. The second-order valence-electron chi connectivity index (χ2n) is 3.43. The Balaban J connectivity index is 2.09. The third-order valence-electron chi connectivity index (χ3n) is 2.22. The molecule has 2 rings (SSSR count). The average molecular weight is 222 g/mol. The van der Waals surface area contributed by atoms with Crippen molar-refractivity contribution in [2.75, 3.05) is 5.75 Å². The molecule has 3 nitrogen and oxygen atoms in total. The van der Waals surface area contributed by atoms with Crippen LogP contribution in [0.1, 0.15) is 13.3 Å². The quantitative estimate of drug-likeness (QED) is 0.808. The maximum atomic E-state index is 5.82. The second kappa shape index (κ2) is 4.68. The fourth-order valence-corrected chi connectivity index (χ4v) is 2.11. The van der Waals surface area contributed by atoms with Crippen molar-refractivity contribution >= 4 is 22.9 Å². The van der Waals surface area contributed by atoms with Crippen molar-refractivity contribution in [3.63, 3.8) is 0 Å². The molecule has 2 aromatic rings. The van der Waals surface area contributed by atoms with Gasteiger partial charge in [0.1, 0.15) is 5.52 Å². The third kappa shape index (κ3) is 2.52. The first kappa shape index (κ1) is 10.5. The van der Waals surface area contributed by atoms with Crippen molar-refractivity contribution in [2.45, 2.75) is 24.6 Å². The number of benzene rings is 1. The van der Waals surface area contributed by atoms with Gasteiger partial charge in [-0.3, -0.25) is 0 Å². The van der Waals surface area contributed by atoms with E-state index in [2.05, 4.69) is 11.9 Å². The minimum Gasteiger partial charge on any atom is -0.431 e. The molecule has 0 bridgehead atoms. The summed E-state index contributed by atoms with van der Waals surface area (Å²) in [6, 6.07) is 7.98. The number of oxazole rings is 1. The molecule has 0 spiro atoms. The lowest BCUT2D eigenvalue weighted by Gasteiger charge is -2.04. The van der Waals surface area contributed by atoms with E-state index >= 15 is 0 Å². The number of rotatable bonds is 4. The molecule has 0 aliphatic rings. The number of nitrogens with zero attached hydrogens (tertiary/aromatic N) is 1. The number of nitrogens with two attached hydrogens (primary N) is 1. The fourth-order valence-electron chi connectivity index (χ4n) is 1.21. The Morgan fingerprint density at radius 2 is 2.27 bits per heavy atom. The van der Waals surface area contributed by atoms with Gasteiger partial charge >= 0.3 is 0 Å². The summed E-state index contributed by atoms with van der Waals surface area (Å²) in [5, 5.41) is 0.708. The lowest BCUT2D eigenvalue weighted by Crippen LogP contribution is -2.21.